The summed E-state index contributed by atoms with van der Waals surface area (Å²) in [4.78, 5) is 31.2. The van der Waals surface area contributed by atoms with E-state index in [-0.39, 0.29) is 15.4 Å². The molecule has 15 heteroatoms. The molecule has 2 atom stereocenters. The summed E-state index contributed by atoms with van der Waals surface area (Å²) in [7, 11) is -7.31. The molecule has 0 heterocycles. The smallest absolute Gasteiger partial charge is 0.281 e. The molecule has 0 radical (unpaired) electrons. The predicted molar refractivity (Wildman–Crippen MR) is 113 cm³/mol. The van der Waals surface area contributed by atoms with E-state index in [2.05, 4.69) is 0 Å². The summed E-state index contributed by atoms with van der Waals surface area (Å²) in [6.07, 6.45) is 9.34. The van der Waals surface area contributed by atoms with Gasteiger partial charge in [0.2, 0.25) is 4.90 Å². The molecule has 0 amide bonds. The Morgan fingerprint density at radius 3 is 2.00 bits per heavy atom. The van der Waals surface area contributed by atoms with Gasteiger partial charge in [-0.3, -0.25) is 24.8 Å². The highest BCUT2D eigenvalue weighted by molar-refractivity contribution is 8.29. The second kappa shape index (κ2) is 9.03. The van der Waals surface area contributed by atoms with Crippen molar-refractivity contribution >= 4 is 49.3 Å². The van der Waals surface area contributed by atoms with E-state index in [0.29, 0.717) is 12.1 Å². The Morgan fingerprint density at radius 2 is 1.57 bits per heavy atom. The second-order valence-corrected chi connectivity index (χ2v) is 12.8. The number of rotatable bonds is 8. The van der Waals surface area contributed by atoms with Crippen molar-refractivity contribution in [2.75, 3.05) is 18.8 Å². The molecule has 168 valence electrons. The maximum Gasteiger partial charge on any atom is 0.331 e. The van der Waals surface area contributed by atoms with Crippen molar-refractivity contribution in [1.82, 2.24) is 0 Å². The van der Waals surface area contributed by atoms with E-state index in [1.165, 1.54) is 0 Å². The average Bonchev–Trinajstić information content (AvgIpc) is 2.65. The molecule has 12 nitrogen and oxygen atoms in total. The van der Waals surface area contributed by atoms with Gasteiger partial charge in [-0.2, -0.15) is 24.5 Å². The molecule has 1 fully saturated rings. The zero-order valence-corrected chi connectivity index (χ0v) is 18.9. The van der Waals surface area contributed by atoms with E-state index >= 15 is 0 Å². The van der Waals surface area contributed by atoms with Gasteiger partial charge in [-0.25, -0.2) is 0 Å². The molecule has 0 aromatic heterocycles. The van der Waals surface area contributed by atoms with Crippen molar-refractivity contribution in [2.45, 2.75) is 41.1 Å². The maximum absolute atomic E-state index is 12.7. The standard InChI is InChI=1S/C15H21N3O9S3/c1-28-13-6-4-5-7-14(13)29(2,3)27-18(23)10-8-11(16(19)20)15(30(24,25)26)12(9-10)17(21)22/h8-9,13-14H,4-7H2,1-3H3/p+1. The largest absolute Gasteiger partial charge is 0.331 e. The van der Waals surface area contributed by atoms with Crippen LogP contribution < -0.4 is 0 Å². The van der Waals surface area contributed by atoms with E-state index in [1.54, 1.807) is 24.3 Å². The number of hydrogen-bond donors (Lipinski definition) is 1. The monoisotopic (exact) mass is 484 g/mol. The van der Waals surface area contributed by atoms with Gasteiger partial charge in [0.05, 0.1) is 14.8 Å². The van der Waals surface area contributed by atoms with Crippen LogP contribution in [0.4, 0.5) is 17.1 Å². The molecule has 2 unspecified atom stereocenters. The Labute approximate surface area is 178 Å². The number of benzene rings is 1. The van der Waals surface area contributed by atoms with Gasteiger partial charge in [0, 0.05) is 23.0 Å². The maximum atomic E-state index is 12.7. The third-order valence-electron chi connectivity index (χ3n) is 4.83. The summed E-state index contributed by atoms with van der Waals surface area (Å²) >= 11 is 1.67. The number of hydrogen-bond acceptors (Lipinski definition) is 9. The van der Waals surface area contributed by atoms with Gasteiger partial charge in [0.15, 0.2) is 0 Å². The first-order valence-electron chi connectivity index (χ1n) is 8.65. The molecule has 2 rings (SSSR count). The minimum Gasteiger partial charge on any atom is -0.281 e. The van der Waals surface area contributed by atoms with Crippen LogP contribution >= 0.6 is 22.1 Å². The Morgan fingerprint density at radius 1 is 1.07 bits per heavy atom. The fourth-order valence-corrected chi connectivity index (χ4v) is 8.40. The molecule has 0 spiro atoms. The van der Waals surface area contributed by atoms with Crippen LogP contribution in [0, 0.1) is 25.1 Å². The van der Waals surface area contributed by atoms with Crippen LogP contribution in [0.3, 0.4) is 0 Å². The zero-order valence-electron chi connectivity index (χ0n) is 16.4. The van der Waals surface area contributed by atoms with Gasteiger partial charge in [-0.1, -0.05) is 12.8 Å². The molecular formula is C15H22N3O9S3+. The minimum absolute atomic E-state index is 0.0465. The Balaban J connectivity index is 2.49. The molecule has 1 aromatic carbocycles. The van der Waals surface area contributed by atoms with Gasteiger partial charge in [0.25, 0.3) is 4.92 Å². The highest BCUT2D eigenvalue weighted by atomic mass is 32.3. The van der Waals surface area contributed by atoms with Crippen LogP contribution in [-0.4, -0.2) is 57.0 Å². The Bertz CT molecular complexity index is 946. The SMILES string of the molecule is CSC1CCCCC1S(C)(C)O[N+](=O)c1cc([N+](=O)[O-])c(S(=O)(=O)O)c([N+](=O)[O-])c1. The zero-order chi connectivity index (χ0) is 22.9. The number of nitro benzene ring substituents is 2. The fraction of sp³-hybridized carbons (Fsp3) is 0.600. The normalized spacial score (nSPS) is 20.4. The minimum atomic E-state index is -5.30. The van der Waals surface area contributed by atoms with E-state index < -0.39 is 52.2 Å². The lowest BCUT2D eigenvalue weighted by molar-refractivity contribution is -0.696. The van der Waals surface area contributed by atoms with Crippen molar-refractivity contribution in [1.29, 1.82) is 0 Å². The Hall–Kier alpha value is -1.97. The van der Waals surface area contributed by atoms with E-state index in [9.17, 15) is 38.1 Å². The lowest BCUT2D eigenvalue weighted by Gasteiger charge is -2.40. The first-order chi connectivity index (χ1) is 13.8. The van der Waals surface area contributed by atoms with Crippen molar-refractivity contribution in [2.24, 2.45) is 0 Å². The summed E-state index contributed by atoms with van der Waals surface area (Å²) in [5, 5.41) is 22.9. The summed E-state index contributed by atoms with van der Waals surface area (Å²) in [6.45, 7) is 0. The van der Waals surface area contributed by atoms with E-state index in [1.807, 2.05) is 6.26 Å². The van der Waals surface area contributed by atoms with Crippen molar-refractivity contribution in [3.8, 4) is 0 Å². The second-order valence-electron chi connectivity index (χ2n) is 7.04. The van der Waals surface area contributed by atoms with Crippen LogP contribution in [0.25, 0.3) is 0 Å². The molecule has 1 N–H and O–H groups in total. The lowest BCUT2D eigenvalue weighted by atomic mass is 10.00. The van der Waals surface area contributed by atoms with Crippen LogP contribution in [0.15, 0.2) is 17.0 Å². The molecular weight excluding hydrogens is 462 g/mol. The highest BCUT2D eigenvalue weighted by Crippen LogP contribution is 2.55. The average molecular weight is 485 g/mol. The topological polar surface area (TPSA) is 170 Å². The van der Waals surface area contributed by atoms with Crippen molar-refractivity contribution < 1.29 is 32.0 Å². The predicted octanol–water partition coefficient (Wildman–Crippen LogP) is 3.75. The molecule has 0 saturated heterocycles. The molecule has 30 heavy (non-hydrogen) atoms. The molecule has 1 saturated carbocycles. The summed E-state index contributed by atoms with van der Waals surface area (Å²) in [5.74, 6) is 0. The summed E-state index contributed by atoms with van der Waals surface area (Å²) in [6, 6.07) is 1.07. The molecule has 1 aliphatic carbocycles. The van der Waals surface area contributed by atoms with E-state index in [0.717, 1.165) is 25.7 Å². The van der Waals surface area contributed by atoms with Gasteiger partial charge in [0.1, 0.15) is 12.1 Å². The highest BCUT2D eigenvalue weighted by Gasteiger charge is 2.43. The van der Waals surface area contributed by atoms with Crippen LogP contribution in [-0.2, 0) is 14.4 Å². The number of nitrogens with zero attached hydrogens (tertiary/aromatic N) is 3. The van der Waals surface area contributed by atoms with Crippen LogP contribution in [0.1, 0.15) is 25.7 Å². The van der Waals surface area contributed by atoms with Gasteiger partial charge in [-0.15, -0.1) is 0 Å². The molecule has 0 bridgehead atoms. The van der Waals surface area contributed by atoms with Crippen molar-refractivity contribution in [3.63, 3.8) is 0 Å². The van der Waals surface area contributed by atoms with Gasteiger partial charge >= 0.3 is 27.2 Å². The first-order valence-corrected chi connectivity index (χ1v) is 13.8. The third-order valence-corrected chi connectivity index (χ3v) is 9.65. The van der Waals surface area contributed by atoms with Crippen LogP contribution in [0.2, 0.25) is 0 Å². The molecule has 1 aliphatic rings. The van der Waals surface area contributed by atoms with E-state index in [4.69, 9.17) is 4.28 Å². The fourth-order valence-electron chi connectivity index (χ4n) is 3.48. The Kier molecular flexibility index (Phi) is 7.32. The van der Waals surface area contributed by atoms with Crippen LogP contribution in [0.5, 0.6) is 0 Å². The van der Waals surface area contributed by atoms with Gasteiger partial charge in [-0.05, 0) is 29.4 Å². The van der Waals surface area contributed by atoms with Gasteiger partial charge < -0.3 is 0 Å². The third kappa shape index (κ3) is 5.19. The number of thioether (sulfide) groups is 1. The number of nitro groups is 2. The first kappa shape index (κ1) is 24.3. The molecule has 0 aliphatic heterocycles. The quantitative estimate of drug-likeness (QED) is 0.325. The summed E-state index contributed by atoms with van der Waals surface area (Å²) in [5.41, 5.74) is -3.20. The van der Waals surface area contributed by atoms with Crippen molar-refractivity contribution in [3.05, 3.63) is 37.3 Å². The lowest BCUT2D eigenvalue weighted by Crippen LogP contribution is -2.33. The molecule has 1 aromatic rings. The summed E-state index contributed by atoms with van der Waals surface area (Å²) < 4.78 is 37.8.